The highest BCUT2D eigenvalue weighted by Gasteiger charge is 2.34. The third-order valence-corrected chi connectivity index (χ3v) is 2.59. The van der Waals surface area contributed by atoms with Gasteiger partial charge in [0.2, 0.25) is 0 Å². The smallest absolute Gasteiger partial charge is 0.199 e. The molecule has 1 aromatic rings. The molecule has 1 atom stereocenters. The van der Waals surface area contributed by atoms with Crippen molar-refractivity contribution in [3.05, 3.63) is 35.9 Å². The number of ether oxygens (including phenoxy) is 3. The molecule has 16 heavy (non-hydrogen) atoms. The van der Waals surface area contributed by atoms with Gasteiger partial charge < -0.3 is 19.3 Å². The summed E-state index contributed by atoms with van der Waals surface area (Å²) >= 11 is 0. The number of hydrogen-bond donors (Lipinski definition) is 1. The summed E-state index contributed by atoms with van der Waals surface area (Å²) in [6.07, 6.45) is -0.722. The zero-order chi connectivity index (χ0) is 12.0. The third kappa shape index (κ3) is 2.80. The number of aliphatic hydroxyl groups excluding tert-OH is 1. The molecule has 0 amide bonds. The van der Waals surface area contributed by atoms with Crippen LogP contribution < -0.4 is 0 Å². The lowest BCUT2D eigenvalue weighted by Gasteiger charge is -2.32. The van der Waals surface area contributed by atoms with Crippen LogP contribution in [0.25, 0.3) is 0 Å². The van der Waals surface area contributed by atoms with E-state index in [1.165, 1.54) is 7.11 Å². The largest absolute Gasteiger partial charge is 0.368 e. The molecule has 0 aliphatic rings. The van der Waals surface area contributed by atoms with E-state index in [-0.39, 0.29) is 6.42 Å². The first-order chi connectivity index (χ1) is 7.68. The zero-order valence-corrected chi connectivity index (χ0v) is 9.84. The SMILES string of the molecule is COC(O)CC(OC)(OC)c1ccccc1. The van der Waals surface area contributed by atoms with E-state index < -0.39 is 12.1 Å². The Morgan fingerprint density at radius 3 is 2.12 bits per heavy atom. The van der Waals surface area contributed by atoms with Crippen LogP contribution in [0.2, 0.25) is 0 Å². The minimum atomic E-state index is -0.976. The molecule has 0 aliphatic carbocycles. The van der Waals surface area contributed by atoms with E-state index in [0.717, 1.165) is 5.56 Å². The summed E-state index contributed by atoms with van der Waals surface area (Å²) in [5, 5.41) is 9.53. The van der Waals surface area contributed by atoms with Crippen molar-refractivity contribution in [1.82, 2.24) is 0 Å². The molecule has 0 aromatic heterocycles. The molecule has 1 N–H and O–H groups in total. The van der Waals surface area contributed by atoms with Gasteiger partial charge in [-0.05, 0) is 0 Å². The molecule has 0 aliphatic heterocycles. The van der Waals surface area contributed by atoms with E-state index in [4.69, 9.17) is 14.2 Å². The molecule has 0 saturated heterocycles. The third-order valence-electron chi connectivity index (χ3n) is 2.59. The normalized spacial score (nSPS) is 13.8. The first-order valence-corrected chi connectivity index (χ1v) is 5.05. The van der Waals surface area contributed by atoms with Crippen molar-refractivity contribution in [2.45, 2.75) is 18.5 Å². The van der Waals surface area contributed by atoms with Crippen LogP contribution in [0.3, 0.4) is 0 Å². The van der Waals surface area contributed by atoms with Gasteiger partial charge in [0.15, 0.2) is 12.1 Å². The van der Waals surface area contributed by atoms with Crippen LogP contribution in [0.1, 0.15) is 12.0 Å². The van der Waals surface area contributed by atoms with Gasteiger partial charge in [0.25, 0.3) is 0 Å². The topological polar surface area (TPSA) is 47.9 Å². The van der Waals surface area contributed by atoms with Gasteiger partial charge in [0, 0.05) is 26.9 Å². The number of methoxy groups -OCH3 is 3. The number of aliphatic hydroxyl groups is 1. The van der Waals surface area contributed by atoms with Crippen LogP contribution in [0.5, 0.6) is 0 Å². The van der Waals surface area contributed by atoms with Gasteiger partial charge in [-0.15, -0.1) is 0 Å². The molecule has 0 bridgehead atoms. The first-order valence-electron chi connectivity index (χ1n) is 5.05. The van der Waals surface area contributed by atoms with Crippen molar-refractivity contribution in [1.29, 1.82) is 0 Å². The van der Waals surface area contributed by atoms with Crippen molar-refractivity contribution < 1.29 is 19.3 Å². The van der Waals surface area contributed by atoms with Crippen LogP contribution in [0, 0.1) is 0 Å². The Bertz CT molecular complexity index is 295. The average Bonchev–Trinajstić information content (AvgIpc) is 2.37. The quantitative estimate of drug-likeness (QED) is 0.746. The van der Waals surface area contributed by atoms with Gasteiger partial charge in [0.05, 0.1) is 6.42 Å². The molecule has 4 nitrogen and oxygen atoms in total. The molecule has 4 heteroatoms. The highest BCUT2D eigenvalue weighted by molar-refractivity contribution is 5.20. The Kier molecular flexibility index (Phi) is 4.89. The standard InChI is InChI=1S/C12H18O4/c1-14-11(13)9-12(15-2,16-3)10-7-5-4-6-8-10/h4-8,11,13H,9H2,1-3H3. The summed E-state index contributed by atoms with van der Waals surface area (Å²) in [6, 6.07) is 9.46. The molecule has 0 heterocycles. The minimum Gasteiger partial charge on any atom is -0.368 e. The lowest BCUT2D eigenvalue weighted by Crippen LogP contribution is -2.35. The second kappa shape index (κ2) is 5.96. The second-order valence-electron chi connectivity index (χ2n) is 3.42. The summed E-state index contributed by atoms with van der Waals surface area (Å²) in [5.41, 5.74) is 0.844. The van der Waals surface area contributed by atoms with E-state index in [0.29, 0.717) is 0 Å². The first kappa shape index (κ1) is 13.1. The summed E-state index contributed by atoms with van der Waals surface area (Å²) in [4.78, 5) is 0. The highest BCUT2D eigenvalue weighted by atomic mass is 16.7. The molecule has 0 spiro atoms. The lowest BCUT2D eigenvalue weighted by molar-refractivity contribution is -0.254. The molecule has 0 radical (unpaired) electrons. The van der Waals surface area contributed by atoms with Crippen molar-refractivity contribution in [2.75, 3.05) is 21.3 Å². The summed E-state index contributed by atoms with van der Waals surface area (Å²) in [7, 11) is 4.52. The van der Waals surface area contributed by atoms with Crippen LogP contribution in [-0.4, -0.2) is 32.7 Å². The summed E-state index contributed by atoms with van der Waals surface area (Å²) < 4.78 is 15.6. The van der Waals surface area contributed by atoms with Crippen molar-refractivity contribution >= 4 is 0 Å². The van der Waals surface area contributed by atoms with Gasteiger partial charge in [0.1, 0.15) is 0 Å². The van der Waals surface area contributed by atoms with Crippen LogP contribution in [0.15, 0.2) is 30.3 Å². The van der Waals surface area contributed by atoms with Crippen LogP contribution in [-0.2, 0) is 20.0 Å². The maximum atomic E-state index is 9.53. The molecule has 90 valence electrons. The van der Waals surface area contributed by atoms with E-state index in [1.54, 1.807) is 14.2 Å². The van der Waals surface area contributed by atoms with Crippen LogP contribution in [0.4, 0.5) is 0 Å². The van der Waals surface area contributed by atoms with E-state index in [1.807, 2.05) is 30.3 Å². The number of hydrogen-bond acceptors (Lipinski definition) is 4. The Morgan fingerprint density at radius 1 is 1.12 bits per heavy atom. The molecule has 1 rings (SSSR count). The van der Waals surface area contributed by atoms with Gasteiger partial charge >= 0.3 is 0 Å². The monoisotopic (exact) mass is 226 g/mol. The van der Waals surface area contributed by atoms with E-state index in [9.17, 15) is 5.11 Å². The lowest BCUT2D eigenvalue weighted by atomic mass is 10.0. The average molecular weight is 226 g/mol. The van der Waals surface area contributed by atoms with Crippen molar-refractivity contribution in [2.24, 2.45) is 0 Å². The molecule has 0 saturated carbocycles. The van der Waals surface area contributed by atoms with E-state index in [2.05, 4.69) is 0 Å². The molecule has 1 aromatic carbocycles. The summed E-state index contributed by atoms with van der Waals surface area (Å²) in [6.45, 7) is 0. The van der Waals surface area contributed by atoms with Crippen molar-refractivity contribution in [3.63, 3.8) is 0 Å². The molecule has 1 unspecified atom stereocenters. The van der Waals surface area contributed by atoms with Crippen molar-refractivity contribution in [3.8, 4) is 0 Å². The van der Waals surface area contributed by atoms with Crippen LogP contribution >= 0.6 is 0 Å². The molecular weight excluding hydrogens is 208 g/mol. The Labute approximate surface area is 95.8 Å². The van der Waals surface area contributed by atoms with Gasteiger partial charge in [-0.3, -0.25) is 0 Å². The highest BCUT2D eigenvalue weighted by Crippen LogP contribution is 2.31. The predicted molar refractivity (Wildman–Crippen MR) is 59.8 cm³/mol. The fourth-order valence-corrected chi connectivity index (χ4v) is 1.61. The van der Waals surface area contributed by atoms with E-state index >= 15 is 0 Å². The predicted octanol–water partition coefficient (Wildman–Crippen LogP) is 1.49. The zero-order valence-electron chi connectivity index (χ0n) is 9.84. The molecular formula is C12H18O4. The Balaban J connectivity index is 2.96. The van der Waals surface area contributed by atoms with Gasteiger partial charge in [-0.25, -0.2) is 0 Å². The fraction of sp³-hybridized carbons (Fsp3) is 0.500. The maximum absolute atomic E-state index is 9.53. The minimum absolute atomic E-state index is 0.209. The Morgan fingerprint density at radius 2 is 1.69 bits per heavy atom. The Hall–Kier alpha value is -0.940. The second-order valence-corrected chi connectivity index (χ2v) is 3.42. The number of benzene rings is 1. The fourth-order valence-electron chi connectivity index (χ4n) is 1.61. The summed E-state index contributed by atoms with van der Waals surface area (Å²) in [5.74, 6) is -0.976. The number of rotatable bonds is 6. The van der Waals surface area contributed by atoms with Gasteiger partial charge in [-0.1, -0.05) is 30.3 Å². The molecule has 0 fully saturated rings. The maximum Gasteiger partial charge on any atom is 0.199 e. The van der Waals surface area contributed by atoms with Gasteiger partial charge in [-0.2, -0.15) is 0 Å².